The van der Waals surface area contributed by atoms with E-state index in [1.807, 2.05) is 0 Å². The normalized spacial score (nSPS) is 20.5. The van der Waals surface area contributed by atoms with E-state index in [0.29, 0.717) is 12.0 Å². The van der Waals surface area contributed by atoms with Crippen LogP contribution in [0.4, 0.5) is 13.2 Å². The van der Waals surface area contributed by atoms with Crippen LogP contribution in [0.15, 0.2) is 48.8 Å². The second kappa shape index (κ2) is 11.3. The quantitative estimate of drug-likeness (QED) is 0.493. The van der Waals surface area contributed by atoms with Gasteiger partial charge in [0.25, 0.3) is 11.8 Å². The van der Waals surface area contributed by atoms with Crippen LogP contribution in [-0.4, -0.2) is 71.4 Å². The van der Waals surface area contributed by atoms with Crippen molar-refractivity contribution in [3.63, 3.8) is 0 Å². The lowest BCUT2D eigenvalue weighted by atomic mass is 10.1. The van der Waals surface area contributed by atoms with Gasteiger partial charge in [0.15, 0.2) is 0 Å². The Kier molecular flexibility index (Phi) is 8.25. The molecule has 0 spiro atoms. The minimum atomic E-state index is -4.88. The third kappa shape index (κ3) is 6.56. The van der Waals surface area contributed by atoms with Crippen LogP contribution in [0, 0.1) is 0 Å². The zero-order valence-electron chi connectivity index (χ0n) is 20.9. The predicted octanol–water partition coefficient (Wildman–Crippen LogP) is 2.61. The summed E-state index contributed by atoms with van der Waals surface area (Å²) in [6, 6.07) is 5.03. The molecule has 1 N–H and O–H groups in total. The van der Waals surface area contributed by atoms with E-state index in [1.54, 1.807) is 19.1 Å². The molecule has 3 unspecified atom stereocenters. The number of carbonyl (C=O) groups is 3. The monoisotopic (exact) mass is 568 g/mol. The van der Waals surface area contributed by atoms with Gasteiger partial charge in [-0.3, -0.25) is 24.3 Å². The van der Waals surface area contributed by atoms with Crippen molar-refractivity contribution in [2.75, 3.05) is 6.54 Å². The molecule has 10 nitrogen and oxygen atoms in total. The Morgan fingerprint density at radius 3 is 2.51 bits per heavy atom. The summed E-state index contributed by atoms with van der Waals surface area (Å²) in [5.41, 5.74) is 0.500. The number of imide groups is 1. The average molecular weight is 569 g/mol. The van der Waals surface area contributed by atoms with Crippen LogP contribution in [0.25, 0.3) is 0 Å². The fraction of sp³-hybridized carbons (Fsp3) is 0.440. The van der Waals surface area contributed by atoms with E-state index in [4.69, 9.17) is 0 Å². The molecule has 0 radical (unpaired) electrons. The number of halogens is 3. The summed E-state index contributed by atoms with van der Waals surface area (Å²) < 4.78 is 68.5. The second-order valence-corrected chi connectivity index (χ2v) is 11.3. The lowest BCUT2D eigenvalue weighted by molar-refractivity contribution is -0.274. The van der Waals surface area contributed by atoms with Crippen molar-refractivity contribution < 1.29 is 40.7 Å². The molecule has 3 heterocycles. The van der Waals surface area contributed by atoms with E-state index < -0.39 is 58.0 Å². The maximum atomic E-state index is 13.5. The standard InChI is InChI=1S/C25H27F3N4O6S/c1-2-4-19(30-23(34)17-6-8-18(9-7-17)38-25(26,27)28)24(35)32-20-10-12-31(21(20)13-22(32)33)39(36,37)15-16-5-3-11-29-14-16/h3,5-9,11,14,19-21H,2,4,10,12-13,15H2,1H3,(H,30,34). The van der Waals surface area contributed by atoms with Crippen LogP contribution in [0.2, 0.25) is 0 Å². The number of amides is 3. The fourth-order valence-corrected chi connectivity index (χ4v) is 6.75. The van der Waals surface area contributed by atoms with E-state index in [-0.39, 0.29) is 37.1 Å². The first-order valence-electron chi connectivity index (χ1n) is 12.3. The highest BCUT2D eigenvalue weighted by Crippen LogP contribution is 2.36. The lowest BCUT2D eigenvalue weighted by Crippen LogP contribution is -2.52. The number of aromatic nitrogens is 1. The van der Waals surface area contributed by atoms with Crippen LogP contribution < -0.4 is 10.1 Å². The van der Waals surface area contributed by atoms with Crippen LogP contribution >= 0.6 is 0 Å². The number of rotatable bonds is 9. The van der Waals surface area contributed by atoms with Crippen LogP contribution in [0.5, 0.6) is 5.75 Å². The molecule has 3 atom stereocenters. The molecule has 3 amide bonds. The number of nitrogens with one attached hydrogen (secondary N) is 1. The summed E-state index contributed by atoms with van der Waals surface area (Å²) in [6.45, 7) is 1.93. The molecular weight excluding hydrogens is 541 g/mol. The van der Waals surface area contributed by atoms with Crippen molar-refractivity contribution in [3.8, 4) is 5.75 Å². The van der Waals surface area contributed by atoms with Gasteiger partial charge in [-0.05, 0) is 48.7 Å². The van der Waals surface area contributed by atoms with Gasteiger partial charge >= 0.3 is 6.36 Å². The lowest BCUT2D eigenvalue weighted by Gasteiger charge is -2.27. The van der Waals surface area contributed by atoms with Gasteiger partial charge in [0, 0.05) is 30.9 Å². The molecule has 1 aromatic carbocycles. The Morgan fingerprint density at radius 1 is 1.18 bits per heavy atom. The molecule has 0 saturated carbocycles. The maximum absolute atomic E-state index is 13.5. The van der Waals surface area contributed by atoms with Crippen molar-refractivity contribution in [2.45, 2.75) is 62.8 Å². The average Bonchev–Trinajstić information content (AvgIpc) is 3.41. The molecular formula is C25H27F3N4O6S. The summed E-state index contributed by atoms with van der Waals surface area (Å²) in [5, 5.41) is 2.57. The maximum Gasteiger partial charge on any atom is 0.573 e. The molecule has 4 rings (SSSR count). The van der Waals surface area contributed by atoms with Crippen molar-refractivity contribution in [2.24, 2.45) is 0 Å². The topological polar surface area (TPSA) is 126 Å². The van der Waals surface area contributed by atoms with E-state index in [0.717, 1.165) is 29.2 Å². The number of hydrogen-bond donors (Lipinski definition) is 1. The number of likely N-dealkylation sites (tertiary alicyclic amines) is 1. The van der Waals surface area contributed by atoms with Gasteiger partial charge in [0.1, 0.15) is 11.8 Å². The number of carbonyl (C=O) groups excluding carboxylic acids is 3. The second-order valence-electron chi connectivity index (χ2n) is 9.34. The molecule has 2 aliphatic rings. The number of fused-ring (bicyclic) bond motifs is 1. The number of hydrogen-bond acceptors (Lipinski definition) is 7. The van der Waals surface area contributed by atoms with Crippen LogP contribution in [0.3, 0.4) is 0 Å². The van der Waals surface area contributed by atoms with Gasteiger partial charge in [-0.2, -0.15) is 4.31 Å². The molecule has 2 saturated heterocycles. The number of sulfonamides is 1. The van der Waals surface area contributed by atoms with Gasteiger partial charge in [0.05, 0.1) is 17.8 Å². The molecule has 1 aromatic heterocycles. The van der Waals surface area contributed by atoms with Crippen molar-refractivity contribution in [3.05, 3.63) is 59.9 Å². The Balaban J connectivity index is 1.46. The van der Waals surface area contributed by atoms with Gasteiger partial charge in [-0.1, -0.05) is 19.4 Å². The fourth-order valence-electron chi connectivity index (χ4n) is 4.98. The summed E-state index contributed by atoms with van der Waals surface area (Å²) >= 11 is 0. The predicted molar refractivity (Wildman–Crippen MR) is 132 cm³/mol. The van der Waals surface area contributed by atoms with Gasteiger partial charge < -0.3 is 10.1 Å². The summed E-state index contributed by atoms with van der Waals surface area (Å²) in [7, 11) is -3.79. The molecule has 2 aliphatic heterocycles. The van der Waals surface area contributed by atoms with Crippen molar-refractivity contribution in [1.29, 1.82) is 0 Å². The van der Waals surface area contributed by atoms with E-state index in [1.165, 1.54) is 16.7 Å². The van der Waals surface area contributed by atoms with Crippen LogP contribution in [-0.2, 0) is 25.4 Å². The highest BCUT2D eigenvalue weighted by Gasteiger charge is 2.53. The summed E-state index contributed by atoms with van der Waals surface area (Å²) in [6.07, 6.45) is -1.10. The summed E-state index contributed by atoms with van der Waals surface area (Å²) in [4.78, 5) is 44.2. The Hall–Kier alpha value is -3.52. The highest BCUT2D eigenvalue weighted by molar-refractivity contribution is 7.88. The van der Waals surface area contributed by atoms with Crippen molar-refractivity contribution in [1.82, 2.24) is 19.5 Å². The third-order valence-electron chi connectivity index (χ3n) is 6.64. The van der Waals surface area contributed by atoms with Crippen molar-refractivity contribution >= 4 is 27.7 Å². The largest absolute Gasteiger partial charge is 0.573 e. The number of ether oxygens (including phenoxy) is 1. The molecule has 2 aromatic rings. The SMILES string of the molecule is CCCC(NC(=O)c1ccc(OC(F)(F)F)cc1)C(=O)N1C(=O)CC2C1CCN2S(=O)(=O)Cc1cccnc1. The number of nitrogens with zero attached hydrogens (tertiary/aromatic N) is 3. The third-order valence-corrected chi connectivity index (χ3v) is 8.51. The molecule has 0 aliphatic carbocycles. The number of benzene rings is 1. The molecule has 39 heavy (non-hydrogen) atoms. The molecule has 210 valence electrons. The Bertz CT molecular complexity index is 1320. The first-order valence-corrected chi connectivity index (χ1v) is 13.9. The number of pyridine rings is 1. The zero-order chi connectivity index (χ0) is 28.4. The van der Waals surface area contributed by atoms with E-state index in [9.17, 15) is 36.0 Å². The minimum Gasteiger partial charge on any atom is -0.406 e. The van der Waals surface area contributed by atoms with Crippen LogP contribution in [0.1, 0.15) is 48.5 Å². The summed E-state index contributed by atoms with van der Waals surface area (Å²) in [5.74, 6) is -2.67. The Morgan fingerprint density at radius 2 is 1.90 bits per heavy atom. The highest BCUT2D eigenvalue weighted by atomic mass is 32.2. The molecule has 0 bridgehead atoms. The minimum absolute atomic E-state index is 0.00223. The first kappa shape index (κ1) is 28.5. The zero-order valence-corrected chi connectivity index (χ0v) is 21.7. The number of alkyl halides is 3. The molecule has 14 heteroatoms. The first-order chi connectivity index (χ1) is 18.4. The van der Waals surface area contributed by atoms with Gasteiger partial charge in [-0.15, -0.1) is 13.2 Å². The van der Waals surface area contributed by atoms with Gasteiger partial charge in [0.2, 0.25) is 15.9 Å². The molecule has 2 fully saturated rings. The van der Waals surface area contributed by atoms with E-state index in [2.05, 4.69) is 15.0 Å². The van der Waals surface area contributed by atoms with E-state index >= 15 is 0 Å². The Labute approximate surface area is 223 Å². The smallest absolute Gasteiger partial charge is 0.406 e. The van der Waals surface area contributed by atoms with Gasteiger partial charge in [-0.25, -0.2) is 8.42 Å².